The first-order chi connectivity index (χ1) is 7.89. The Kier molecular flexibility index (Phi) is 2.99. The van der Waals surface area contributed by atoms with Crippen molar-refractivity contribution in [2.24, 2.45) is 0 Å². The molecule has 0 radical (unpaired) electrons. The number of sulfone groups is 1. The second-order valence-electron chi connectivity index (χ2n) is 4.42. The predicted octanol–water partition coefficient (Wildman–Crippen LogP) is 0.813. The Bertz CT molecular complexity index is 524. The molecule has 17 heavy (non-hydrogen) atoms. The van der Waals surface area contributed by atoms with Crippen molar-refractivity contribution in [1.82, 2.24) is 5.32 Å². The quantitative estimate of drug-likeness (QED) is 0.850. The lowest BCUT2D eigenvalue weighted by Crippen LogP contribution is -2.36. The van der Waals surface area contributed by atoms with Crippen LogP contribution >= 0.6 is 0 Å². The van der Waals surface area contributed by atoms with Crippen LogP contribution in [-0.4, -0.2) is 31.9 Å². The summed E-state index contributed by atoms with van der Waals surface area (Å²) in [7, 11) is -2.97. The molecule has 1 saturated heterocycles. The van der Waals surface area contributed by atoms with Gasteiger partial charge in [0.15, 0.2) is 9.84 Å². The van der Waals surface area contributed by atoms with Crippen molar-refractivity contribution in [2.75, 3.05) is 11.5 Å². The molecule has 2 rings (SSSR count). The highest BCUT2D eigenvalue weighted by Gasteiger charge is 2.30. The summed E-state index contributed by atoms with van der Waals surface area (Å²) < 4.78 is 27.7. The smallest absolute Gasteiger partial charge is 0.255 e. The Morgan fingerprint density at radius 2 is 2.18 bits per heavy atom. The lowest BCUT2D eigenvalue weighted by molar-refractivity contribution is 0.0939. The Balaban J connectivity index is 2.09. The van der Waals surface area contributed by atoms with E-state index in [-0.39, 0.29) is 23.5 Å². The number of amides is 1. The lowest BCUT2D eigenvalue weighted by Gasteiger charge is -2.10. The van der Waals surface area contributed by atoms with Crippen LogP contribution in [0.5, 0.6) is 0 Å². The van der Waals surface area contributed by atoms with Crippen LogP contribution in [0.1, 0.15) is 28.1 Å². The van der Waals surface area contributed by atoms with E-state index in [9.17, 15) is 13.2 Å². The van der Waals surface area contributed by atoms with Gasteiger partial charge in [-0.2, -0.15) is 0 Å². The first-order valence-electron chi connectivity index (χ1n) is 5.45. The van der Waals surface area contributed by atoms with Crippen LogP contribution in [-0.2, 0) is 9.84 Å². The average Bonchev–Trinajstić information content (AvgIpc) is 2.70. The van der Waals surface area contributed by atoms with Crippen LogP contribution in [0.4, 0.5) is 0 Å². The summed E-state index contributed by atoms with van der Waals surface area (Å²) in [5.41, 5.74) is 1.27. The minimum atomic E-state index is -2.97. The molecule has 6 heteroatoms. The maximum absolute atomic E-state index is 11.9. The molecule has 5 nitrogen and oxygen atoms in total. The fraction of sp³-hybridized carbons (Fsp3) is 0.545. The van der Waals surface area contributed by atoms with E-state index in [0.29, 0.717) is 17.7 Å². The van der Waals surface area contributed by atoms with Gasteiger partial charge < -0.3 is 9.73 Å². The van der Waals surface area contributed by atoms with Crippen molar-refractivity contribution in [1.29, 1.82) is 0 Å². The van der Waals surface area contributed by atoms with Crippen LogP contribution < -0.4 is 5.32 Å². The van der Waals surface area contributed by atoms with Gasteiger partial charge in [-0.3, -0.25) is 4.79 Å². The molecule has 1 aliphatic rings. The molecule has 1 unspecified atom stereocenters. The highest BCUT2D eigenvalue weighted by molar-refractivity contribution is 7.91. The summed E-state index contributed by atoms with van der Waals surface area (Å²) in [5.74, 6) is 0.493. The number of aryl methyl sites for hydroxylation is 2. The third-order valence-electron chi connectivity index (χ3n) is 2.95. The second-order valence-corrected chi connectivity index (χ2v) is 6.65. The monoisotopic (exact) mass is 257 g/mol. The van der Waals surface area contributed by atoms with Gasteiger partial charge in [-0.15, -0.1) is 0 Å². The summed E-state index contributed by atoms with van der Waals surface area (Å²) >= 11 is 0. The van der Waals surface area contributed by atoms with Crippen molar-refractivity contribution in [3.8, 4) is 0 Å². The Hall–Kier alpha value is -1.30. The number of nitrogens with one attached hydrogen (secondary N) is 1. The molecule has 1 aliphatic heterocycles. The van der Waals surface area contributed by atoms with Crippen LogP contribution in [0.2, 0.25) is 0 Å². The molecule has 0 aromatic carbocycles. The summed E-state index contributed by atoms with van der Waals surface area (Å²) in [4.78, 5) is 11.9. The predicted molar refractivity (Wildman–Crippen MR) is 62.7 cm³/mol. The van der Waals surface area contributed by atoms with Crippen molar-refractivity contribution in [2.45, 2.75) is 26.3 Å². The standard InChI is InChI=1S/C11H15NO4S/c1-7-5-16-8(2)10(7)11(13)12-9-3-4-17(14,15)6-9/h5,9H,3-4,6H2,1-2H3,(H,12,13). The maximum atomic E-state index is 11.9. The molecule has 1 amide bonds. The number of carbonyl (C=O) groups is 1. The van der Waals surface area contributed by atoms with Gasteiger partial charge in [0.2, 0.25) is 0 Å². The lowest BCUT2D eigenvalue weighted by atomic mass is 10.1. The fourth-order valence-electron chi connectivity index (χ4n) is 2.08. The Morgan fingerprint density at radius 1 is 1.47 bits per heavy atom. The van der Waals surface area contributed by atoms with Gasteiger partial charge >= 0.3 is 0 Å². The molecule has 2 heterocycles. The highest BCUT2D eigenvalue weighted by atomic mass is 32.2. The van der Waals surface area contributed by atoms with E-state index >= 15 is 0 Å². The van der Waals surface area contributed by atoms with E-state index in [1.165, 1.54) is 6.26 Å². The summed E-state index contributed by atoms with van der Waals surface area (Å²) in [5, 5.41) is 2.74. The number of hydrogen-bond donors (Lipinski definition) is 1. The van der Waals surface area contributed by atoms with Gasteiger partial charge in [0.05, 0.1) is 23.3 Å². The Morgan fingerprint density at radius 3 is 2.65 bits per heavy atom. The zero-order chi connectivity index (χ0) is 12.6. The van der Waals surface area contributed by atoms with Gasteiger partial charge in [0.1, 0.15) is 5.76 Å². The van der Waals surface area contributed by atoms with Crippen molar-refractivity contribution < 1.29 is 17.6 Å². The number of carbonyl (C=O) groups excluding carboxylic acids is 1. The largest absolute Gasteiger partial charge is 0.469 e. The fourth-order valence-corrected chi connectivity index (χ4v) is 3.75. The number of hydrogen-bond acceptors (Lipinski definition) is 4. The molecular formula is C11H15NO4S. The normalized spacial score (nSPS) is 22.6. The molecule has 0 aliphatic carbocycles. The molecule has 94 valence electrons. The third kappa shape index (κ3) is 2.52. The molecule has 1 aromatic heterocycles. The first kappa shape index (κ1) is 12.2. The van der Waals surface area contributed by atoms with Crippen molar-refractivity contribution in [3.05, 3.63) is 23.2 Å². The summed E-state index contributed by atoms with van der Waals surface area (Å²) in [6, 6.07) is -0.277. The topological polar surface area (TPSA) is 76.4 Å². The third-order valence-corrected chi connectivity index (χ3v) is 4.72. The van der Waals surface area contributed by atoms with Gasteiger partial charge in [-0.25, -0.2) is 8.42 Å². The van der Waals surface area contributed by atoms with Gasteiger partial charge in [-0.05, 0) is 20.3 Å². The van der Waals surface area contributed by atoms with E-state index in [2.05, 4.69) is 5.32 Å². The molecule has 1 fully saturated rings. The molecule has 1 N–H and O–H groups in total. The highest BCUT2D eigenvalue weighted by Crippen LogP contribution is 2.17. The van der Waals surface area contributed by atoms with E-state index in [1.807, 2.05) is 0 Å². The molecule has 0 bridgehead atoms. The average molecular weight is 257 g/mol. The van der Waals surface area contributed by atoms with E-state index < -0.39 is 9.84 Å². The van der Waals surface area contributed by atoms with E-state index in [0.717, 1.165) is 5.56 Å². The molecule has 0 spiro atoms. The van der Waals surface area contributed by atoms with Gasteiger partial charge in [0, 0.05) is 11.6 Å². The van der Waals surface area contributed by atoms with Crippen LogP contribution in [0, 0.1) is 13.8 Å². The Labute approximate surface area is 100 Å². The van der Waals surface area contributed by atoms with Gasteiger partial charge in [-0.1, -0.05) is 0 Å². The SMILES string of the molecule is Cc1coc(C)c1C(=O)NC1CCS(=O)(=O)C1. The van der Waals surface area contributed by atoms with Crippen molar-refractivity contribution >= 4 is 15.7 Å². The van der Waals surface area contributed by atoms with Crippen LogP contribution in [0.15, 0.2) is 10.7 Å². The molecule has 1 atom stereocenters. The molecular weight excluding hydrogens is 242 g/mol. The van der Waals surface area contributed by atoms with E-state index in [1.54, 1.807) is 13.8 Å². The summed E-state index contributed by atoms with van der Waals surface area (Å²) in [6.45, 7) is 3.50. The number of furan rings is 1. The zero-order valence-electron chi connectivity index (χ0n) is 9.82. The van der Waals surface area contributed by atoms with Gasteiger partial charge in [0.25, 0.3) is 5.91 Å². The zero-order valence-corrected chi connectivity index (χ0v) is 10.6. The van der Waals surface area contributed by atoms with Crippen LogP contribution in [0.25, 0.3) is 0 Å². The minimum absolute atomic E-state index is 0.0364. The number of rotatable bonds is 2. The molecule has 1 aromatic rings. The maximum Gasteiger partial charge on any atom is 0.255 e. The molecule has 0 saturated carbocycles. The van der Waals surface area contributed by atoms with Crippen LogP contribution in [0.3, 0.4) is 0 Å². The minimum Gasteiger partial charge on any atom is -0.469 e. The first-order valence-corrected chi connectivity index (χ1v) is 7.27. The van der Waals surface area contributed by atoms with Crippen molar-refractivity contribution in [3.63, 3.8) is 0 Å². The second kappa shape index (κ2) is 4.18. The van der Waals surface area contributed by atoms with E-state index in [4.69, 9.17) is 4.42 Å². The summed E-state index contributed by atoms with van der Waals surface area (Å²) in [6.07, 6.45) is 2.01.